The molecule has 0 aliphatic carbocycles. The summed E-state index contributed by atoms with van der Waals surface area (Å²) in [7, 11) is 0. The van der Waals surface area contributed by atoms with Crippen molar-refractivity contribution in [3.05, 3.63) is 33.4 Å². The maximum absolute atomic E-state index is 13.6. The molecule has 0 radical (unpaired) electrons. The zero-order chi connectivity index (χ0) is 14.6. The van der Waals surface area contributed by atoms with Crippen LogP contribution >= 0.6 is 0 Å². The first-order valence-electron chi connectivity index (χ1n) is 4.69. The minimum atomic E-state index is -1.29. The van der Waals surface area contributed by atoms with Gasteiger partial charge >= 0.3 is 5.69 Å². The van der Waals surface area contributed by atoms with Gasteiger partial charge in [0.05, 0.1) is 10.6 Å². The van der Waals surface area contributed by atoms with E-state index < -0.39 is 39.2 Å². The fourth-order valence-electron chi connectivity index (χ4n) is 1.16. The Labute approximate surface area is 105 Å². The van der Waals surface area contributed by atoms with E-state index in [0.717, 1.165) is 6.92 Å². The van der Waals surface area contributed by atoms with Crippen molar-refractivity contribution < 1.29 is 13.7 Å². The molecule has 0 saturated carbocycles. The van der Waals surface area contributed by atoms with Crippen LogP contribution in [0.2, 0.25) is 0 Å². The van der Waals surface area contributed by atoms with Crippen LogP contribution in [0.15, 0.2) is 11.2 Å². The summed E-state index contributed by atoms with van der Waals surface area (Å²) in [4.78, 5) is 9.54. The van der Waals surface area contributed by atoms with Crippen molar-refractivity contribution in [3.8, 4) is 12.1 Å². The van der Waals surface area contributed by atoms with Crippen molar-refractivity contribution in [2.45, 2.75) is 6.92 Å². The highest BCUT2D eigenvalue weighted by molar-refractivity contribution is 6.10. The summed E-state index contributed by atoms with van der Waals surface area (Å²) >= 11 is 0. The quantitative estimate of drug-likeness (QED) is 0.509. The summed E-state index contributed by atoms with van der Waals surface area (Å²) < 4.78 is 27.0. The fraction of sp³-hybridized carbons (Fsp3) is 0.100. The van der Waals surface area contributed by atoms with Crippen molar-refractivity contribution in [2.24, 2.45) is 5.10 Å². The number of nitriles is 2. The van der Waals surface area contributed by atoms with Gasteiger partial charge in [-0.3, -0.25) is 15.5 Å². The Hall–Kier alpha value is -3.07. The van der Waals surface area contributed by atoms with Gasteiger partial charge in [-0.15, -0.1) is 0 Å². The first-order valence-corrected chi connectivity index (χ1v) is 4.69. The maximum atomic E-state index is 13.6. The van der Waals surface area contributed by atoms with Crippen molar-refractivity contribution in [1.82, 2.24) is 0 Å². The van der Waals surface area contributed by atoms with Crippen LogP contribution in [0.4, 0.5) is 20.2 Å². The number of nitro benzene ring substituents is 1. The summed E-state index contributed by atoms with van der Waals surface area (Å²) in [6.45, 7) is 1.02. The van der Waals surface area contributed by atoms with E-state index in [4.69, 9.17) is 10.5 Å². The molecule has 7 nitrogen and oxygen atoms in total. The molecule has 0 saturated heterocycles. The third-order valence-corrected chi connectivity index (χ3v) is 2.10. The smallest absolute Gasteiger partial charge is 0.273 e. The Morgan fingerprint density at radius 1 is 1.42 bits per heavy atom. The van der Waals surface area contributed by atoms with Gasteiger partial charge in [0.25, 0.3) is 0 Å². The van der Waals surface area contributed by atoms with Crippen molar-refractivity contribution >= 4 is 17.1 Å². The van der Waals surface area contributed by atoms with Crippen LogP contribution in [0.5, 0.6) is 0 Å². The number of hydrogen-bond donors (Lipinski definition) is 1. The van der Waals surface area contributed by atoms with Gasteiger partial charge in [0.1, 0.15) is 12.1 Å². The van der Waals surface area contributed by atoms with Gasteiger partial charge in [0.15, 0.2) is 5.82 Å². The fourth-order valence-corrected chi connectivity index (χ4v) is 1.16. The van der Waals surface area contributed by atoms with E-state index in [-0.39, 0.29) is 0 Å². The van der Waals surface area contributed by atoms with E-state index in [0.29, 0.717) is 6.07 Å². The average Bonchev–Trinajstić information content (AvgIpc) is 2.39. The second-order valence-corrected chi connectivity index (χ2v) is 3.25. The van der Waals surface area contributed by atoms with Gasteiger partial charge in [-0.05, 0) is 6.92 Å². The first-order chi connectivity index (χ1) is 8.92. The number of rotatable bonds is 3. The van der Waals surface area contributed by atoms with E-state index in [9.17, 15) is 18.9 Å². The molecule has 1 rings (SSSR count). The molecule has 0 bridgehead atoms. The van der Waals surface area contributed by atoms with E-state index in [1.165, 1.54) is 12.1 Å². The molecule has 0 aromatic heterocycles. The molecule has 0 amide bonds. The molecule has 1 aromatic carbocycles. The third kappa shape index (κ3) is 2.79. The Balaban J connectivity index is 3.31. The van der Waals surface area contributed by atoms with Gasteiger partial charge < -0.3 is 0 Å². The number of nitrogens with zero attached hydrogens (tertiary/aromatic N) is 4. The number of benzene rings is 1. The van der Waals surface area contributed by atoms with Crippen LogP contribution in [0.25, 0.3) is 0 Å². The summed E-state index contributed by atoms with van der Waals surface area (Å²) in [6.07, 6.45) is 0. The Morgan fingerprint density at radius 2 is 2.00 bits per heavy atom. The highest BCUT2D eigenvalue weighted by Crippen LogP contribution is 2.29. The Morgan fingerprint density at radius 3 is 2.47 bits per heavy atom. The van der Waals surface area contributed by atoms with E-state index in [1.54, 1.807) is 0 Å². The van der Waals surface area contributed by atoms with Crippen LogP contribution in [-0.2, 0) is 0 Å². The predicted molar refractivity (Wildman–Crippen MR) is 60.0 cm³/mol. The summed E-state index contributed by atoms with van der Waals surface area (Å²) in [5.41, 5.74) is -0.643. The first kappa shape index (κ1) is 14.0. The molecule has 0 heterocycles. The van der Waals surface area contributed by atoms with E-state index in [2.05, 4.69) is 5.10 Å². The molecule has 0 atom stereocenters. The van der Waals surface area contributed by atoms with Crippen LogP contribution < -0.4 is 5.43 Å². The largest absolute Gasteiger partial charge is 0.307 e. The van der Waals surface area contributed by atoms with Gasteiger partial charge in [0.2, 0.25) is 11.5 Å². The summed E-state index contributed by atoms with van der Waals surface area (Å²) in [5.74, 6) is -2.39. The molecule has 0 spiro atoms. The predicted octanol–water partition coefficient (Wildman–Crippen LogP) is 2.00. The molecule has 19 heavy (non-hydrogen) atoms. The normalized spacial score (nSPS) is 9.11. The number of nitrogens with one attached hydrogen (secondary N) is 1. The van der Waals surface area contributed by atoms with Crippen molar-refractivity contribution in [3.63, 3.8) is 0 Å². The highest BCUT2D eigenvalue weighted by atomic mass is 19.1. The molecular weight excluding hydrogens is 260 g/mol. The summed E-state index contributed by atoms with van der Waals surface area (Å²) in [5, 5.41) is 30.6. The standard InChI is InChI=1S/C10H5F2N5O2/c1-5-9(11)7(16-15-6(3-13)4-14)2-8(10(5)12)17(18)19/h2,16H,1H3. The number of hydrogen-bond acceptors (Lipinski definition) is 6. The molecule has 0 fully saturated rings. The average molecular weight is 265 g/mol. The Bertz CT molecular complexity index is 641. The van der Waals surface area contributed by atoms with Crippen LogP contribution in [0.3, 0.4) is 0 Å². The monoisotopic (exact) mass is 265 g/mol. The number of hydrazone groups is 1. The lowest BCUT2D eigenvalue weighted by Gasteiger charge is -2.06. The van der Waals surface area contributed by atoms with E-state index >= 15 is 0 Å². The molecule has 0 aliphatic heterocycles. The van der Waals surface area contributed by atoms with Crippen LogP contribution in [0, 0.1) is 51.3 Å². The summed E-state index contributed by atoms with van der Waals surface area (Å²) in [6, 6.07) is 3.39. The lowest BCUT2D eigenvalue weighted by molar-refractivity contribution is -0.387. The van der Waals surface area contributed by atoms with E-state index in [1.807, 2.05) is 5.43 Å². The number of halogens is 2. The minimum absolute atomic E-state index is 0.506. The maximum Gasteiger partial charge on any atom is 0.307 e. The number of anilines is 1. The van der Waals surface area contributed by atoms with Crippen molar-refractivity contribution in [2.75, 3.05) is 5.43 Å². The van der Waals surface area contributed by atoms with Crippen molar-refractivity contribution in [1.29, 1.82) is 10.5 Å². The van der Waals surface area contributed by atoms with Gasteiger partial charge in [-0.2, -0.15) is 20.0 Å². The van der Waals surface area contributed by atoms with Crippen LogP contribution in [0.1, 0.15) is 5.56 Å². The SMILES string of the molecule is Cc1c(F)c(NN=C(C#N)C#N)cc([N+](=O)[O-])c1F. The second-order valence-electron chi connectivity index (χ2n) is 3.25. The zero-order valence-electron chi connectivity index (χ0n) is 9.44. The second kappa shape index (κ2) is 5.51. The lowest BCUT2D eigenvalue weighted by atomic mass is 10.1. The lowest BCUT2D eigenvalue weighted by Crippen LogP contribution is -2.04. The highest BCUT2D eigenvalue weighted by Gasteiger charge is 2.22. The molecular formula is C10H5F2N5O2. The molecule has 1 N–H and O–H groups in total. The molecule has 1 aromatic rings. The topological polar surface area (TPSA) is 115 Å². The molecule has 96 valence electrons. The van der Waals surface area contributed by atoms with Gasteiger partial charge in [-0.25, -0.2) is 4.39 Å². The number of nitro groups is 1. The van der Waals surface area contributed by atoms with Crippen LogP contribution in [-0.4, -0.2) is 10.6 Å². The molecule has 0 aliphatic rings. The minimum Gasteiger partial charge on any atom is -0.273 e. The zero-order valence-corrected chi connectivity index (χ0v) is 9.44. The van der Waals surface area contributed by atoms with Gasteiger partial charge in [0, 0.05) is 11.6 Å². The Kier molecular flexibility index (Phi) is 4.06. The van der Waals surface area contributed by atoms with Gasteiger partial charge in [-0.1, -0.05) is 0 Å². The molecule has 0 unspecified atom stereocenters. The molecule has 9 heteroatoms. The third-order valence-electron chi connectivity index (χ3n) is 2.10.